The van der Waals surface area contributed by atoms with Crippen LogP contribution < -0.4 is 0 Å². The molecule has 1 aromatic carbocycles. The first-order chi connectivity index (χ1) is 8.29. The molecule has 0 saturated heterocycles. The van der Waals surface area contributed by atoms with E-state index in [0.29, 0.717) is 6.61 Å². The molecule has 1 fully saturated rings. The lowest BCUT2D eigenvalue weighted by Crippen LogP contribution is -2.14. The van der Waals surface area contributed by atoms with Crippen LogP contribution in [0.5, 0.6) is 0 Å². The predicted molar refractivity (Wildman–Crippen MR) is 67.6 cm³/mol. The van der Waals surface area contributed by atoms with Crippen LogP contribution in [0.3, 0.4) is 0 Å². The lowest BCUT2D eigenvalue weighted by Gasteiger charge is -2.11. The normalized spacial score (nSPS) is 24.3. The fraction of sp³-hybridized carbons (Fsp3) is 0.533. The average Bonchev–Trinajstić information content (AvgIpc) is 3.07. The summed E-state index contributed by atoms with van der Waals surface area (Å²) >= 11 is 0. The summed E-state index contributed by atoms with van der Waals surface area (Å²) in [6.45, 7) is 2.80. The molecule has 0 spiro atoms. The Kier molecular flexibility index (Phi) is 4.32. The van der Waals surface area contributed by atoms with Gasteiger partial charge in [0, 0.05) is 0 Å². The molecular formula is C15H20O2. The second-order valence-corrected chi connectivity index (χ2v) is 5.02. The van der Waals surface area contributed by atoms with Gasteiger partial charge in [-0.2, -0.15) is 0 Å². The lowest BCUT2D eigenvalue weighted by atomic mass is 10.1. The molecule has 0 bridgehead atoms. The zero-order chi connectivity index (χ0) is 12.1. The third kappa shape index (κ3) is 3.97. The molecule has 2 rings (SSSR count). The van der Waals surface area contributed by atoms with Crippen LogP contribution in [0, 0.1) is 11.8 Å². The number of carbonyl (C=O) groups is 1. The molecule has 2 nitrogen and oxygen atoms in total. The largest absolute Gasteiger partial charge is 0.366 e. The molecule has 0 unspecified atom stereocenters. The van der Waals surface area contributed by atoms with Crippen LogP contribution in [0.15, 0.2) is 30.3 Å². The number of aldehydes is 1. The van der Waals surface area contributed by atoms with Crippen LogP contribution in [0.2, 0.25) is 0 Å². The van der Waals surface area contributed by atoms with Crippen molar-refractivity contribution >= 4 is 6.29 Å². The van der Waals surface area contributed by atoms with E-state index in [1.807, 2.05) is 30.3 Å². The molecule has 0 heterocycles. The van der Waals surface area contributed by atoms with Gasteiger partial charge in [0.05, 0.1) is 6.61 Å². The Bertz CT molecular complexity index is 347. The van der Waals surface area contributed by atoms with Crippen molar-refractivity contribution in [3.8, 4) is 0 Å². The first-order valence-electron chi connectivity index (χ1n) is 6.40. The van der Waals surface area contributed by atoms with Crippen LogP contribution >= 0.6 is 0 Å². The van der Waals surface area contributed by atoms with Gasteiger partial charge in [-0.05, 0) is 36.7 Å². The zero-order valence-electron chi connectivity index (χ0n) is 10.3. The third-order valence-electron chi connectivity index (χ3n) is 3.56. The Morgan fingerprint density at radius 1 is 1.41 bits per heavy atom. The molecule has 0 aromatic heterocycles. The van der Waals surface area contributed by atoms with Gasteiger partial charge >= 0.3 is 0 Å². The van der Waals surface area contributed by atoms with E-state index in [1.165, 1.54) is 6.42 Å². The molecule has 92 valence electrons. The maximum absolute atomic E-state index is 10.9. The van der Waals surface area contributed by atoms with Crippen molar-refractivity contribution in [1.82, 2.24) is 0 Å². The topological polar surface area (TPSA) is 26.3 Å². The third-order valence-corrected chi connectivity index (χ3v) is 3.56. The quantitative estimate of drug-likeness (QED) is 0.675. The molecule has 0 radical (unpaired) electrons. The highest BCUT2D eigenvalue weighted by Crippen LogP contribution is 2.41. The van der Waals surface area contributed by atoms with Crippen molar-refractivity contribution in [3.05, 3.63) is 35.9 Å². The van der Waals surface area contributed by atoms with E-state index in [-0.39, 0.29) is 6.10 Å². The summed E-state index contributed by atoms with van der Waals surface area (Å²) in [5.41, 5.74) is 1.12. The first kappa shape index (κ1) is 12.3. The Morgan fingerprint density at radius 3 is 2.71 bits per heavy atom. The van der Waals surface area contributed by atoms with E-state index in [0.717, 1.165) is 36.5 Å². The Balaban J connectivity index is 1.70. The summed E-state index contributed by atoms with van der Waals surface area (Å²) < 4.78 is 5.62. The second kappa shape index (κ2) is 5.97. The van der Waals surface area contributed by atoms with Crippen LogP contribution in [0.4, 0.5) is 0 Å². The molecule has 1 saturated carbocycles. The summed E-state index contributed by atoms with van der Waals surface area (Å²) in [7, 11) is 0. The van der Waals surface area contributed by atoms with Gasteiger partial charge in [0.15, 0.2) is 0 Å². The van der Waals surface area contributed by atoms with Gasteiger partial charge in [0.2, 0.25) is 0 Å². The van der Waals surface area contributed by atoms with E-state index in [9.17, 15) is 4.79 Å². The van der Waals surface area contributed by atoms with Crippen molar-refractivity contribution in [2.75, 3.05) is 0 Å². The highest BCUT2D eigenvalue weighted by atomic mass is 16.5. The number of hydrogen-bond acceptors (Lipinski definition) is 2. The van der Waals surface area contributed by atoms with Gasteiger partial charge in [-0.3, -0.25) is 0 Å². The van der Waals surface area contributed by atoms with Gasteiger partial charge in [-0.1, -0.05) is 37.3 Å². The molecular weight excluding hydrogens is 212 g/mol. The minimum absolute atomic E-state index is 0.233. The minimum atomic E-state index is -0.233. The fourth-order valence-electron chi connectivity index (χ4n) is 2.15. The minimum Gasteiger partial charge on any atom is -0.366 e. The maximum Gasteiger partial charge on any atom is 0.148 e. The van der Waals surface area contributed by atoms with Crippen molar-refractivity contribution in [2.24, 2.45) is 11.8 Å². The maximum atomic E-state index is 10.9. The number of carbonyl (C=O) groups excluding carboxylic acids is 1. The standard InChI is InChI=1S/C15H20O2/c1-12-9-14(12)7-8-15(10-16)17-11-13-5-3-2-4-6-13/h2-6,10,12,14-15H,7-9,11H2,1H3/t12-,14+,15-/m1/s1. The van der Waals surface area contributed by atoms with Gasteiger partial charge in [-0.15, -0.1) is 0 Å². The summed E-state index contributed by atoms with van der Waals surface area (Å²) in [6, 6.07) is 9.99. The van der Waals surface area contributed by atoms with Crippen LogP contribution in [-0.2, 0) is 16.1 Å². The van der Waals surface area contributed by atoms with E-state index in [4.69, 9.17) is 4.74 Å². The Morgan fingerprint density at radius 2 is 2.12 bits per heavy atom. The molecule has 1 aliphatic rings. The highest BCUT2D eigenvalue weighted by Gasteiger charge is 2.32. The van der Waals surface area contributed by atoms with Crippen molar-refractivity contribution in [2.45, 2.75) is 38.9 Å². The van der Waals surface area contributed by atoms with E-state index >= 15 is 0 Å². The molecule has 0 N–H and O–H groups in total. The van der Waals surface area contributed by atoms with Crippen molar-refractivity contribution < 1.29 is 9.53 Å². The average molecular weight is 232 g/mol. The van der Waals surface area contributed by atoms with E-state index in [1.54, 1.807) is 0 Å². The van der Waals surface area contributed by atoms with Crippen LogP contribution in [-0.4, -0.2) is 12.4 Å². The van der Waals surface area contributed by atoms with E-state index < -0.39 is 0 Å². The SMILES string of the molecule is C[C@@H]1C[C@@H]1CC[C@H](C=O)OCc1ccccc1. The van der Waals surface area contributed by atoms with Crippen molar-refractivity contribution in [1.29, 1.82) is 0 Å². The van der Waals surface area contributed by atoms with E-state index in [2.05, 4.69) is 6.92 Å². The van der Waals surface area contributed by atoms with Crippen LogP contribution in [0.25, 0.3) is 0 Å². The van der Waals surface area contributed by atoms with Gasteiger partial charge in [0.25, 0.3) is 0 Å². The molecule has 0 aliphatic heterocycles. The summed E-state index contributed by atoms with van der Waals surface area (Å²) in [6.07, 6.45) is 4.02. The van der Waals surface area contributed by atoms with Gasteiger partial charge in [0.1, 0.15) is 12.4 Å². The molecule has 17 heavy (non-hydrogen) atoms. The monoisotopic (exact) mass is 232 g/mol. The van der Waals surface area contributed by atoms with Crippen LogP contribution in [0.1, 0.15) is 31.7 Å². The highest BCUT2D eigenvalue weighted by molar-refractivity contribution is 5.55. The fourth-order valence-corrected chi connectivity index (χ4v) is 2.15. The molecule has 3 atom stereocenters. The zero-order valence-corrected chi connectivity index (χ0v) is 10.3. The second-order valence-electron chi connectivity index (χ2n) is 5.02. The van der Waals surface area contributed by atoms with Crippen molar-refractivity contribution in [3.63, 3.8) is 0 Å². The Labute approximate surface area is 103 Å². The number of ether oxygens (including phenoxy) is 1. The summed E-state index contributed by atoms with van der Waals surface area (Å²) in [5, 5.41) is 0. The summed E-state index contributed by atoms with van der Waals surface area (Å²) in [4.78, 5) is 10.9. The summed E-state index contributed by atoms with van der Waals surface area (Å²) in [5.74, 6) is 1.69. The molecule has 2 heteroatoms. The Hall–Kier alpha value is -1.15. The van der Waals surface area contributed by atoms with Gasteiger partial charge < -0.3 is 9.53 Å². The molecule has 1 aliphatic carbocycles. The number of benzene rings is 1. The smallest absolute Gasteiger partial charge is 0.148 e. The van der Waals surface area contributed by atoms with Gasteiger partial charge in [-0.25, -0.2) is 0 Å². The molecule has 0 amide bonds. The number of rotatable bonds is 7. The lowest BCUT2D eigenvalue weighted by molar-refractivity contribution is -0.119. The predicted octanol–water partition coefficient (Wildman–Crippen LogP) is 3.21. The first-order valence-corrected chi connectivity index (χ1v) is 6.40. The number of hydrogen-bond donors (Lipinski definition) is 0. The molecule has 1 aromatic rings.